The van der Waals surface area contributed by atoms with Gasteiger partial charge in [0.1, 0.15) is 16.8 Å². The lowest BCUT2D eigenvalue weighted by Crippen LogP contribution is -2.14. The highest BCUT2D eigenvalue weighted by molar-refractivity contribution is 7.10. The quantitative estimate of drug-likeness (QED) is 0.309. The second-order valence-corrected chi connectivity index (χ2v) is 9.53. The molecule has 0 spiro atoms. The topological polar surface area (TPSA) is 80.8 Å². The minimum Gasteiger partial charge on any atom is -0.424 e. The van der Waals surface area contributed by atoms with Gasteiger partial charge in [-0.25, -0.2) is 4.98 Å². The summed E-state index contributed by atoms with van der Waals surface area (Å²) in [4.78, 5) is 16.8. The van der Waals surface area contributed by atoms with Gasteiger partial charge < -0.3 is 4.74 Å². The first-order valence-corrected chi connectivity index (χ1v) is 10.5. The van der Waals surface area contributed by atoms with Crippen molar-refractivity contribution in [2.75, 3.05) is 0 Å². The van der Waals surface area contributed by atoms with Gasteiger partial charge in [0.15, 0.2) is 11.5 Å². The normalized spacial score (nSPS) is 13.2. The van der Waals surface area contributed by atoms with Crippen LogP contribution in [-0.2, 0) is 28.2 Å². The van der Waals surface area contributed by atoms with Crippen LogP contribution in [0.2, 0.25) is 5.15 Å². The third-order valence-corrected chi connectivity index (χ3v) is 5.71. The highest BCUT2D eigenvalue weighted by Gasteiger charge is 2.42. The van der Waals surface area contributed by atoms with Gasteiger partial charge in [-0.1, -0.05) is 46.2 Å². The summed E-state index contributed by atoms with van der Waals surface area (Å²) in [5.41, 5.74) is -2.61. The van der Waals surface area contributed by atoms with Crippen LogP contribution in [0.15, 0.2) is 5.38 Å². The van der Waals surface area contributed by atoms with Gasteiger partial charge in [0, 0.05) is 24.3 Å². The highest BCUT2D eigenvalue weighted by atomic mass is 35.5. The van der Waals surface area contributed by atoms with Gasteiger partial charge in [0.2, 0.25) is 0 Å². The van der Waals surface area contributed by atoms with E-state index in [1.165, 1.54) is 23.8 Å². The van der Waals surface area contributed by atoms with E-state index in [0.29, 0.717) is 5.01 Å². The van der Waals surface area contributed by atoms with Crippen molar-refractivity contribution in [1.29, 1.82) is 5.26 Å². The van der Waals surface area contributed by atoms with Crippen LogP contribution in [0.25, 0.3) is 11.3 Å². The Bertz CT molecular complexity index is 1060. The van der Waals surface area contributed by atoms with E-state index in [-0.39, 0.29) is 29.0 Å². The number of carbonyl (C=O) groups is 1. The number of hydrogen-bond donors (Lipinski definition) is 0. The summed E-state index contributed by atoms with van der Waals surface area (Å²) >= 11 is 7.37. The van der Waals surface area contributed by atoms with E-state index in [1.807, 2.05) is 26.8 Å². The Morgan fingerprint density at radius 2 is 1.97 bits per heavy atom. The highest BCUT2D eigenvalue weighted by Crippen LogP contribution is 2.41. The lowest BCUT2D eigenvalue weighted by Gasteiger charge is -2.15. The summed E-state index contributed by atoms with van der Waals surface area (Å²) in [7, 11) is 1.22. The van der Waals surface area contributed by atoms with Crippen molar-refractivity contribution in [2.24, 2.45) is 13.0 Å². The molecule has 6 nitrogen and oxygen atoms in total. The minimum absolute atomic E-state index is 0.0637. The number of allylic oxidation sites excluding steroid dienone is 1. The molecule has 168 valence electrons. The SMILES string of the molecule is CC(C)CC(=O)O/C(=C(/C#N)c1csc(C(C)(C)C)n1)c1c(C(F)(F)F)nn(C)c1Cl. The van der Waals surface area contributed by atoms with Crippen molar-refractivity contribution in [2.45, 2.75) is 52.6 Å². The summed E-state index contributed by atoms with van der Waals surface area (Å²) in [5.74, 6) is -1.51. The molecule has 0 aromatic carbocycles. The monoisotopic (exact) mass is 474 g/mol. The number of thiazole rings is 1. The predicted octanol–water partition coefficient (Wildman–Crippen LogP) is 5.83. The van der Waals surface area contributed by atoms with Crippen molar-refractivity contribution in [1.82, 2.24) is 14.8 Å². The van der Waals surface area contributed by atoms with E-state index in [4.69, 9.17) is 16.3 Å². The van der Waals surface area contributed by atoms with Crippen LogP contribution < -0.4 is 0 Å². The summed E-state index contributed by atoms with van der Waals surface area (Å²) in [6.07, 6.45) is -4.96. The summed E-state index contributed by atoms with van der Waals surface area (Å²) in [6.45, 7) is 9.24. The largest absolute Gasteiger partial charge is 0.435 e. The Balaban J connectivity index is 2.82. The smallest absolute Gasteiger partial charge is 0.424 e. The first-order valence-electron chi connectivity index (χ1n) is 9.28. The first-order chi connectivity index (χ1) is 14.2. The van der Waals surface area contributed by atoms with Crippen LogP contribution in [0.1, 0.15) is 63.0 Å². The molecule has 0 fully saturated rings. The van der Waals surface area contributed by atoms with Crippen molar-refractivity contribution in [3.05, 3.63) is 32.5 Å². The first kappa shape index (κ1) is 24.9. The zero-order valence-corrected chi connectivity index (χ0v) is 19.5. The molecule has 0 saturated heterocycles. The van der Waals surface area contributed by atoms with Gasteiger partial charge in [0.25, 0.3) is 0 Å². The Labute approximate surface area is 187 Å². The van der Waals surface area contributed by atoms with Crippen molar-refractivity contribution in [3.8, 4) is 6.07 Å². The Kier molecular flexibility index (Phi) is 7.23. The van der Waals surface area contributed by atoms with E-state index in [2.05, 4.69) is 10.1 Å². The molecular weight excluding hydrogens is 453 g/mol. The molecule has 0 radical (unpaired) electrons. The molecule has 11 heteroatoms. The second-order valence-electron chi connectivity index (χ2n) is 8.31. The fourth-order valence-electron chi connectivity index (χ4n) is 2.58. The van der Waals surface area contributed by atoms with E-state index >= 15 is 0 Å². The predicted molar refractivity (Wildman–Crippen MR) is 112 cm³/mol. The van der Waals surface area contributed by atoms with Gasteiger partial charge in [-0.05, 0) is 5.92 Å². The van der Waals surface area contributed by atoms with Gasteiger partial charge in [0.05, 0.1) is 16.3 Å². The van der Waals surface area contributed by atoms with Crippen LogP contribution in [0.5, 0.6) is 0 Å². The number of hydrogen-bond acceptors (Lipinski definition) is 6. The average Bonchev–Trinajstić information content (AvgIpc) is 3.20. The fourth-order valence-corrected chi connectivity index (χ4v) is 3.69. The molecule has 2 rings (SSSR count). The number of aryl methyl sites for hydroxylation is 1. The van der Waals surface area contributed by atoms with Gasteiger partial charge in [-0.15, -0.1) is 11.3 Å². The van der Waals surface area contributed by atoms with E-state index in [0.717, 1.165) is 4.68 Å². The van der Waals surface area contributed by atoms with Crippen molar-refractivity contribution >= 4 is 40.2 Å². The number of rotatable bonds is 5. The molecule has 0 amide bonds. The Hall–Kier alpha value is -2.38. The maximum atomic E-state index is 13.7. The lowest BCUT2D eigenvalue weighted by atomic mass is 9.98. The number of ether oxygens (including phenoxy) is 1. The zero-order valence-electron chi connectivity index (χ0n) is 17.9. The van der Waals surface area contributed by atoms with E-state index < -0.39 is 34.3 Å². The number of halogens is 4. The number of nitriles is 1. The van der Waals surface area contributed by atoms with E-state index in [1.54, 1.807) is 13.8 Å². The fraction of sp³-hybridized carbons (Fsp3) is 0.500. The maximum Gasteiger partial charge on any atom is 0.435 e. The molecule has 2 aromatic heterocycles. The summed E-state index contributed by atoms with van der Waals surface area (Å²) in [5, 5.41) is 15.0. The number of carbonyl (C=O) groups excluding carboxylic acids is 1. The molecule has 0 saturated carbocycles. The van der Waals surface area contributed by atoms with Crippen LogP contribution >= 0.6 is 22.9 Å². The third kappa shape index (κ3) is 5.66. The lowest BCUT2D eigenvalue weighted by molar-refractivity contribution is -0.143. The Morgan fingerprint density at radius 1 is 1.35 bits per heavy atom. The molecule has 0 atom stereocenters. The van der Waals surface area contributed by atoms with Crippen LogP contribution in [-0.4, -0.2) is 20.7 Å². The number of nitrogens with zero attached hydrogens (tertiary/aromatic N) is 4. The molecule has 2 aromatic rings. The van der Waals surface area contributed by atoms with Crippen molar-refractivity contribution in [3.63, 3.8) is 0 Å². The van der Waals surface area contributed by atoms with E-state index in [9.17, 15) is 23.2 Å². The summed E-state index contributed by atoms with van der Waals surface area (Å²) in [6, 6.07) is 1.84. The molecule has 0 aliphatic rings. The van der Waals surface area contributed by atoms with Crippen molar-refractivity contribution < 1.29 is 22.7 Å². The number of aromatic nitrogens is 3. The van der Waals surface area contributed by atoms with Crippen LogP contribution in [0, 0.1) is 17.2 Å². The average molecular weight is 475 g/mol. The molecule has 0 N–H and O–H groups in total. The van der Waals surface area contributed by atoms with Gasteiger partial charge in [-0.2, -0.15) is 23.5 Å². The molecule has 0 unspecified atom stereocenters. The maximum absolute atomic E-state index is 13.7. The van der Waals surface area contributed by atoms with Crippen LogP contribution in [0.3, 0.4) is 0 Å². The van der Waals surface area contributed by atoms with Crippen LogP contribution in [0.4, 0.5) is 13.2 Å². The number of alkyl halides is 3. The molecule has 0 bridgehead atoms. The molecule has 31 heavy (non-hydrogen) atoms. The standard InChI is InChI=1S/C20H22ClF3N4O2S/c1-10(2)7-13(29)30-15(14-16(20(22,23)24)27-28(6)17(14)21)11(8-25)12-9-31-18(26-12)19(3,4)5/h9-10H,7H2,1-6H3/b15-11-. The van der Waals surface area contributed by atoms with Gasteiger partial charge >= 0.3 is 12.1 Å². The third-order valence-electron chi connectivity index (χ3n) is 4.00. The van der Waals surface area contributed by atoms with Gasteiger partial charge in [-0.3, -0.25) is 9.48 Å². The number of esters is 1. The summed E-state index contributed by atoms with van der Waals surface area (Å²) < 4.78 is 47.2. The zero-order chi connectivity index (χ0) is 23.7. The second kappa shape index (κ2) is 9.01. The molecular formula is C20H22ClF3N4O2S. The minimum atomic E-state index is -4.89. The molecule has 2 heterocycles. The Morgan fingerprint density at radius 3 is 2.42 bits per heavy atom. The molecule has 0 aliphatic heterocycles. The molecule has 0 aliphatic carbocycles.